The van der Waals surface area contributed by atoms with E-state index in [0.29, 0.717) is 0 Å². The van der Waals surface area contributed by atoms with Gasteiger partial charge in [-0.2, -0.15) is 0 Å². The molecule has 4 nitrogen and oxygen atoms in total. The average molecular weight is 240 g/mol. The van der Waals surface area contributed by atoms with Crippen molar-refractivity contribution < 1.29 is 19.2 Å². The number of carboxylic acids is 1. The fraction of sp³-hybridized carbons (Fsp3) is 0.750. The molecule has 1 aliphatic heterocycles. The molecule has 1 N–H and O–H groups in total. The number of hydrogen-bond donors (Lipinski definition) is 1. The molecule has 0 spiro atoms. The van der Waals surface area contributed by atoms with Crippen LogP contribution in [-0.2, 0) is 14.1 Å². The molecule has 1 heterocycles. The molecule has 0 aromatic carbocycles. The van der Waals surface area contributed by atoms with E-state index in [1.54, 1.807) is 5.98 Å². The van der Waals surface area contributed by atoms with Crippen molar-refractivity contribution in [3.05, 3.63) is 12.1 Å². The van der Waals surface area contributed by atoms with E-state index in [-0.39, 0.29) is 23.5 Å². The number of allylic oxidation sites excluding steroid dienone is 1. The first-order valence-corrected chi connectivity index (χ1v) is 5.90. The smallest absolute Gasteiger partial charge is 0.481 e. The summed E-state index contributed by atoms with van der Waals surface area (Å²) in [5, 5.41) is 8.65. The number of carboxylic acid groups (broad SMARTS) is 1. The van der Waals surface area contributed by atoms with Gasteiger partial charge < -0.3 is 14.4 Å². The van der Waals surface area contributed by atoms with Gasteiger partial charge in [0.15, 0.2) is 0 Å². The summed E-state index contributed by atoms with van der Waals surface area (Å²) in [5.41, 5.74) is -0.698. The van der Waals surface area contributed by atoms with Gasteiger partial charge in [-0.3, -0.25) is 4.79 Å². The normalized spacial score (nSPS) is 24.2. The molecule has 1 aliphatic rings. The van der Waals surface area contributed by atoms with Gasteiger partial charge in [-0.05, 0) is 33.6 Å². The van der Waals surface area contributed by atoms with Crippen LogP contribution in [0.5, 0.6) is 0 Å². The van der Waals surface area contributed by atoms with Crippen molar-refractivity contribution in [2.45, 2.75) is 52.2 Å². The molecule has 1 atom stereocenters. The van der Waals surface area contributed by atoms with Crippen molar-refractivity contribution in [1.82, 2.24) is 0 Å². The molecule has 0 aromatic heterocycles. The van der Waals surface area contributed by atoms with Crippen molar-refractivity contribution >= 4 is 13.1 Å². The maximum absolute atomic E-state index is 10.5. The van der Waals surface area contributed by atoms with E-state index in [2.05, 4.69) is 0 Å². The van der Waals surface area contributed by atoms with Crippen molar-refractivity contribution in [3.63, 3.8) is 0 Å². The Morgan fingerprint density at radius 2 is 1.76 bits per heavy atom. The Labute approximate surface area is 103 Å². The van der Waals surface area contributed by atoms with Gasteiger partial charge in [0.1, 0.15) is 0 Å². The van der Waals surface area contributed by atoms with Gasteiger partial charge in [-0.1, -0.05) is 19.0 Å². The quantitative estimate of drug-likeness (QED) is 0.766. The second kappa shape index (κ2) is 4.82. The topological polar surface area (TPSA) is 55.8 Å². The zero-order valence-corrected chi connectivity index (χ0v) is 11.2. The Bertz CT molecular complexity index is 306. The number of aliphatic carboxylic acids is 1. The predicted molar refractivity (Wildman–Crippen MR) is 66.6 cm³/mol. The number of rotatable bonds is 4. The van der Waals surface area contributed by atoms with E-state index in [1.807, 2.05) is 40.7 Å². The SMILES string of the molecule is C[C@@H](/C=C/B1OC(C)(C)C(C)(C)O1)CC(=O)O. The first kappa shape index (κ1) is 14.3. The lowest BCUT2D eigenvalue weighted by Crippen LogP contribution is -2.41. The molecule has 96 valence electrons. The van der Waals surface area contributed by atoms with Crippen LogP contribution in [0.4, 0.5) is 0 Å². The van der Waals surface area contributed by atoms with E-state index in [9.17, 15) is 4.79 Å². The van der Waals surface area contributed by atoms with E-state index in [0.717, 1.165) is 0 Å². The highest BCUT2D eigenvalue weighted by Gasteiger charge is 2.49. The van der Waals surface area contributed by atoms with Crippen LogP contribution in [0.15, 0.2) is 12.1 Å². The third kappa shape index (κ3) is 3.58. The lowest BCUT2D eigenvalue weighted by molar-refractivity contribution is -0.137. The third-order valence-electron chi connectivity index (χ3n) is 3.36. The van der Waals surface area contributed by atoms with E-state index in [1.165, 1.54) is 0 Å². The fourth-order valence-electron chi connectivity index (χ4n) is 1.59. The van der Waals surface area contributed by atoms with Crippen molar-refractivity contribution in [1.29, 1.82) is 0 Å². The number of carbonyl (C=O) groups is 1. The summed E-state index contributed by atoms with van der Waals surface area (Å²) >= 11 is 0. The molecule has 0 saturated carbocycles. The Morgan fingerprint density at radius 3 is 2.18 bits per heavy atom. The van der Waals surface area contributed by atoms with Crippen LogP contribution in [-0.4, -0.2) is 29.4 Å². The second-order valence-corrected chi connectivity index (χ2v) is 5.58. The summed E-state index contributed by atoms with van der Waals surface area (Å²) in [6, 6.07) is 0. The van der Waals surface area contributed by atoms with Crippen LogP contribution in [0.1, 0.15) is 41.0 Å². The van der Waals surface area contributed by atoms with Crippen LogP contribution in [0.25, 0.3) is 0 Å². The second-order valence-electron chi connectivity index (χ2n) is 5.58. The van der Waals surface area contributed by atoms with Crippen molar-refractivity contribution in [2.75, 3.05) is 0 Å². The zero-order chi connectivity index (χ0) is 13.3. The molecule has 5 heteroatoms. The van der Waals surface area contributed by atoms with Crippen molar-refractivity contribution in [2.24, 2.45) is 5.92 Å². The van der Waals surface area contributed by atoms with E-state index in [4.69, 9.17) is 14.4 Å². The average Bonchev–Trinajstić information content (AvgIpc) is 2.31. The van der Waals surface area contributed by atoms with Gasteiger partial charge in [0.05, 0.1) is 17.6 Å². The highest BCUT2D eigenvalue weighted by molar-refractivity contribution is 6.51. The van der Waals surface area contributed by atoms with Crippen LogP contribution >= 0.6 is 0 Å². The molecule has 17 heavy (non-hydrogen) atoms. The first-order chi connectivity index (χ1) is 7.64. The Morgan fingerprint density at radius 1 is 1.29 bits per heavy atom. The minimum Gasteiger partial charge on any atom is -0.481 e. The van der Waals surface area contributed by atoms with E-state index < -0.39 is 13.1 Å². The highest BCUT2D eigenvalue weighted by atomic mass is 16.7. The molecule has 1 saturated heterocycles. The van der Waals surface area contributed by atoms with Gasteiger partial charge in [0.2, 0.25) is 0 Å². The minimum atomic E-state index is -0.795. The molecule has 1 fully saturated rings. The van der Waals surface area contributed by atoms with Crippen LogP contribution in [0.2, 0.25) is 0 Å². The standard InChI is InChI=1S/C12H21BO4/c1-9(8-10(14)15)6-7-13-16-11(2,3)12(4,5)17-13/h6-7,9H,8H2,1-5H3,(H,14,15)/b7-6+/t9-/m0/s1. The molecule has 1 rings (SSSR count). The monoisotopic (exact) mass is 240 g/mol. The number of hydrogen-bond acceptors (Lipinski definition) is 3. The van der Waals surface area contributed by atoms with Gasteiger partial charge in [-0.25, -0.2) is 0 Å². The summed E-state index contributed by atoms with van der Waals surface area (Å²) < 4.78 is 11.5. The Hall–Kier alpha value is -0.805. The maximum atomic E-state index is 10.5. The van der Waals surface area contributed by atoms with Crippen LogP contribution in [0, 0.1) is 5.92 Å². The maximum Gasteiger partial charge on any atom is 0.486 e. The largest absolute Gasteiger partial charge is 0.486 e. The summed E-state index contributed by atoms with van der Waals surface area (Å²) in [7, 11) is -0.392. The van der Waals surface area contributed by atoms with Gasteiger partial charge in [-0.15, -0.1) is 0 Å². The first-order valence-electron chi connectivity index (χ1n) is 5.90. The molecule has 0 radical (unpaired) electrons. The van der Waals surface area contributed by atoms with E-state index >= 15 is 0 Å². The van der Waals surface area contributed by atoms with Crippen LogP contribution < -0.4 is 0 Å². The molecular weight excluding hydrogens is 219 g/mol. The molecule has 0 bridgehead atoms. The lowest BCUT2D eigenvalue weighted by atomic mass is 9.88. The zero-order valence-electron chi connectivity index (χ0n) is 11.2. The third-order valence-corrected chi connectivity index (χ3v) is 3.36. The van der Waals surface area contributed by atoms with Gasteiger partial charge in [0.25, 0.3) is 0 Å². The molecule has 0 aromatic rings. The Balaban J connectivity index is 2.56. The predicted octanol–water partition coefficient (Wildman–Crippen LogP) is 2.28. The molecule has 0 unspecified atom stereocenters. The fourth-order valence-corrected chi connectivity index (χ4v) is 1.59. The minimum absolute atomic E-state index is 0.0217. The molecular formula is C12H21BO4. The Kier molecular flexibility index (Phi) is 4.04. The summed E-state index contributed by atoms with van der Waals surface area (Å²) in [5.74, 6) is 0.979. The van der Waals surface area contributed by atoms with Gasteiger partial charge in [0, 0.05) is 0 Å². The summed E-state index contributed by atoms with van der Waals surface area (Å²) in [4.78, 5) is 10.5. The molecule has 0 aliphatic carbocycles. The van der Waals surface area contributed by atoms with Crippen LogP contribution in [0.3, 0.4) is 0 Å². The summed E-state index contributed by atoms with van der Waals surface area (Å²) in [6.45, 7) is 9.81. The summed E-state index contributed by atoms with van der Waals surface area (Å²) in [6.07, 6.45) is 1.95. The van der Waals surface area contributed by atoms with Crippen molar-refractivity contribution in [3.8, 4) is 0 Å². The lowest BCUT2D eigenvalue weighted by Gasteiger charge is -2.32. The highest BCUT2D eigenvalue weighted by Crippen LogP contribution is 2.36. The molecule has 0 amide bonds. The van der Waals surface area contributed by atoms with Gasteiger partial charge >= 0.3 is 13.1 Å².